The maximum absolute atomic E-state index is 4.31. The van der Waals surface area contributed by atoms with Crippen LogP contribution in [-0.4, -0.2) is 21.7 Å². The van der Waals surface area contributed by atoms with Gasteiger partial charge in [0.15, 0.2) is 0 Å². The van der Waals surface area contributed by atoms with E-state index in [4.69, 9.17) is 0 Å². The first-order chi connectivity index (χ1) is 9.70. The average molecular weight is 272 g/mol. The van der Waals surface area contributed by atoms with Gasteiger partial charge in [-0.1, -0.05) is 45.0 Å². The number of hydrogen-bond acceptors (Lipinski definition) is 3. The maximum atomic E-state index is 4.31. The summed E-state index contributed by atoms with van der Waals surface area (Å²) in [6.07, 6.45) is 3.76. The van der Waals surface area contributed by atoms with E-state index >= 15 is 0 Å². The van der Waals surface area contributed by atoms with Crippen molar-refractivity contribution in [2.24, 2.45) is 5.92 Å². The number of nitrogens with one attached hydrogen (secondary N) is 2. The Morgan fingerprint density at radius 2 is 2.15 bits per heavy atom. The van der Waals surface area contributed by atoms with E-state index in [0.717, 1.165) is 25.2 Å². The van der Waals surface area contributed by atoms with Gasteiger partial charge in [0.2, 0.25) is 0 Å². The molecule has 0 radical (unpaired) electrons. The number of rotatable bonds is 7. The normalized spacial score (nSPS) is 12.8. The minimum Gasteiger partial charge on any atom is -0.304 e. The summed E-state index contributed by atoms with van der Waals surface area (Å²) in [6, 6.07) is 8.84. The van der Waals surface area contributed by atoms with Crippen molar-refractivity contribution in [3.05, 3.63) is 47.5 Å². The fourth-order valence-electron chi connectivity index (χ4n) is 2.39. The minimum atomic E-state index is 0.0876. The summed E-state index contributed by atoms with van der Waals surface area (Å²) in [5, 5.41) is 10.5. The van der Waals surface area contributed by atoms with Gasteiger partial charge in [-0.25, -0.2) is 4.98 Å². The second-order valence-corrected chi connectivity index (χ2v) is 5.60. The van der Waals surface area contributed by atoms with Crippen LogP contribution < -0.4 is 5.32 Å². The van der Waals surface area contributed by atoms with Crippen molar-refractivity contribution in [2.75, 3.05) is 6.54 Å². The zero-order chi connectivity index (χ0) is 14.4. The third-order valence-electron chi connectivity index (χ3n) is 3.23. The highest BCUT2D eigenvalue weighted by atomic mass is 15.2. The second kappa shape index (κ2) is 7.20. The standard InChI is InChI=1S/C16H24N4/c1-4-8-17-15(16-18-11-19-20-16)14-7-5-6-13(10-14)9-12(2)3/h5-7,10-12,15,17H,4,8-9H2,1-3H3,(H,18,19,20). The third kappa shape index (κ3) is 3.90. The van der Waals surface area contributed by atoms with Gasteiger partial charge in [-0.2, -0.15) is 5.10 Å². The zero-order valence-corrected chi connectivity index (χ0v) is 12.6. The second-order valence-electron chi connectivity index (χ2n) is 5.60. The summed E-state index contributed by atoms with van der Waals surface area (Å²) in [4.78, 5) is 4.31. The zero-order valence-electron chi connectivity index (χ0n) is 12.6. The highest BCUT2D eigenvalue weighted by molar-refractivity contribution is 5.29. The van der Waals surface area contributed by atoms with E-state index in [1.807, 2.05) is 0 Å². The van der Waals surface area contributed by atoms with Crippen LogP contribution in [0.25, 0.3) is 0 Å². The van der Waals surface area contributed by atoms with Crippen molar-refractivity contribution in [3.63, 3.8) is 0 Å². The van der Waals surface area contributed by atoms with Crippen LogP contribution in [0.3, 0.4) is 0 Å². The molecular weight excluding hydrogens is 248 g/mol. The van der Waals surface area contributed by atoms with E-state index in [2.05, 4.69) is 65.5 Å². The highest BCUT2D eigenvalue weighted by Crippen LogP contribution is 2.21. The van der Waals surface area contributed by atoms with E-state index in [0.29, 0.717) is 5.92 Å². The molecule has 2 rings (SSSR count). The lowest BCUT2D eigenvalue weighted by Crippen LogP contribution is -2.24. The van der Waals surface area contributed by atoms with Crippen LogP contribution in [0.5, 0.6) is 0 Å². The maximum Gasteiger partial charge on any atom is 0.145 e. The van der Waals surface area contributed by atoms with E-state index < -0.39 is 0 Å². The summed E-state index contributed by atoms with van der Waals surface area (Å²) in [5.74, 6) is 1.54. The van der Waals surface area contributed by atoms with Crippen molar-refractivity contribution in [1.82, 2.24) is 20.5 Å². The molecule has 1 heterocycles. The first-order valence-electron chi connectivity index (χ1n) is 7.38. The SMILES string of the molecule is CCCNC(c1cccc(CC(C)C)c1)c1ncn[nH]1. The number of nitrogens with zero attached hydrogens (tertiary/aromatic N) is 2. The molecule has 108 valence electrons. The molecule has 1 atom stereocenters. The van der Waals surface area contributed by atoms with Crippen LogP contribution in [0.15, 0.2) is 30.6 Å². The van der Waals surface area contributed by atoms with Crippen LogP contribution >= 0.6 is 0 Å². The number of hydrogen-bond donors (Lipinski definition) is 2. The van der Waals surface area contributed by atoms with Crippen LogP contribution in [0.2, 0.25) is 0 Å². The summed E-state index contributed by atoms with van der Waals surface area (Å²) >= 11 is 0. The Kier molecular flexibility index (Phi) is 5.30. The molecule has 0 fully saturated rings. The van der Waals surface area contributed by atoms with E-state index in [1.165, 1.54) is 11.1 Å². The van der Waals surface area contributed by atoms with E-state index in [-0.39, 0.29) is 6.04 Å². The number of aromatic amines is 1. The Morgan fingerprint density at radius 1 is 1.30 bits per heavy atom. The molecule has 20 heavy (non-hydrogen) atoms. The summed E-state index contributed by atoms with van der Waals surface area (Å²) in [7, 11) is 0. The lowest BCUT2D eigenvalue weighted by Gasteiger charge is -2.17. The third-order valence-corrected chi connectivity index (χ3v) is 3.23. The molecular formula is C16H24N4. The monoisotopic (exact) mass is 272 g/mol. The highest BCUT2D eigenvalue weighted by Gasteiger charge is 2.16. The van der Waals surface area contributed by atoms with Gasteiger partial charge in [0.05, 0.1) is 6.04 Å². The van der Waals surface area contributed by atoms with Crippen LogP contribution in [0.1, 0.15) is 50.2 Å². The minimum absolute atomic E-state index is 0.0876. The molecule has 0 saturated heterocycles. The molecule has 0 spiro atoms. The fraction of sp³-hybridized carbons (Fsp3) is 0.500. The molecule has 0 aliphatic carbocycles. The summed E-state index contributed by atoms with van der Waals surface area (Å²) < 4.78 is 0. The van der Waals surface area contributed by atoms with Gasteiger partial charge in [0, 0.05) is 0 Å². The molecule has 1 aromatic heterocycles. The molecule has 4 nitrogen and oxygen atoms in total. The lowest BCUT2D eigenvalue weighted by atomic mass is 9.98. The Hall–Kier alpha value is -1.68. The predicted molar refractivity (Wildman–Crippen MR) is 81.5 cm³/mol. The molecule has 0 aliphatic rings. The molecule has 0 bridgehead atoms. The Morgan fingerprint density at radius 3 is 2.80 bits per heavy atom. The van der Waals surface area contributed by atoms with Crippen LogP contribution in [0, 0.1) is 5.92 Å². The van der Waals surface area contributed by atoms with E-state index in [1.54, 1.807) is 6.33 Å². The van der Waals surface area contributed by atoms with Gasteiger partial charge in [-0.3, -0.25) is 5.10 Å². The Labute approximate surface area is 121 Å². The van der Waals surface area contributed by atoms with Gasteiger partial charge in [0.1, 0.15) is 12.2 Å². The first-order valence-corrected chi connectivity index (χ1v) is 7.38. The van der Waals surface area contributed by atoms with Gasteiger partial charge < -0.3 is 5.32 Å². The first kappa shape index (κ1) is 14.7. The quantitative estimate of drug-likeness (QED) is 0.814. The van der Waals surface area contributed by atoms with Crippen molar-refractivity contribution in [2.45, 2.75) is 39.7 Å². The number of H-pyrrole nitrogens is 1. The van der Waals surface area contributed by atoms with Crippen molar-refractivity contribution >= 4 is 0 Å². The number of aromatic nitrogens is 3. The van der Waals surface area contributed by atoms with Gasteiger partial charge >= 0.3 is 0 Å². The summed E-state index contributed by atoms with van der Waals surface area (Å²) in [5.41, 5.74) is 2.62. The van der Waals surface area contributed by atoms with Gasteiger partial charge in [-0.05, 0) is 36.4 Å². The fourth-order valence-corrected chi connectivity index (χ4v) is 2.39. The smallest absolute Gasteiger partial charge is 0.145 e. The predicted octanol–water partition coefficient (Wildman–Crippen LogP) is 3.09. The average Bonchev–Trinajstić information content (AvgIpc) is 2.93. The van der Waals surface area contributed by atoms with Crippen molar-refractivity contribution in [1.29, 1.82) is 0 Å². The Bertz CT molecular complexity index is 505. The van der Waals surface area contributed by atoms with E-state index in [9.17, 15) is 0 Å². The molecule has 2 N–H and O–H groups in total. The molecule has 0 amide bonds. The molecule has 4 heteroatoms. The number of benzene rings is 1. The van der Waals surface area contributed by atoms with Crippen molar-refractivity contribution < 1.29 is 0 Å². The van der Waals surface area contributed by atoms with Gasteiger partial charge in [-0.15, -0.1) is 0 Å². The lowest BCUT2D eigenvalue weighted by molar-refractivity contribution is 0.572. The molecule has 2 aromatic rings. The largest absolute Gasteiger partial charge is 0.304 e. The molecule has 1 unspecified atom stereocenters. The molecule has 0 saturated carbocycles. The summed E-state index contributed by atoms with van der Waals surface area (Å²) in [6.45, 7) is 7.62. The van der Waals surface area contributed by atoms with Crippen LogP contribution in [0.4, 0.5) is 0 Å². The topological polar surface area (TPSA) is 53.6 Å². The molecule has 1 aromatic carbocycles. The Balaban J connectivity index is 2.24. The molecule has 0 aliphatic heterocycles. The van der Waals surface area contributed by atoms with Gasteiger partial charge in [0.25, 0.3) is 0 Å². The van der Waals surface area contributed by atoms with Crippen LogP contribution in [-0.2, 0) is 6.42 Å². The van der Waals surface area contributed by atoms with Crippen molar-refractivity contribution in [3.8, 4) is 0 Å².